The van der Waals surface area contributed by atoms with E-state index in [-0.39, 0.29) is 16.4 Å². The van der Waals surface area contributed by atoms with Crippen molar-refractivity contribution < 1.29 is 14.4 Å². The molecule has 0 spiro atoms. The highest BCUT2D eigenvalue weighted by Crippen LogP contribution is 2.28. The Kier molecular flexibility index (Phi) is 4.10. The average Bonchev–Trinajstić information content (AvgIpc) is 2.16. The minimum atomic E-state index is -0.708. The van der Waals surface area contributed by atoms with Crippen LogP contribution in [0.15, 0.2) is 0 Å². The Hall–Kier alpha value is -0.390. The van der Waals surface area contributed by atoms with Crippen LogP contribution in [0.5, 0.6) is 0 Å². The number of hydrogen-bond donors (Lipinski definition) is 0. The van der Waals surface area contributed by atoms with Crippen LogP contribution in [0.2, 0.25) is 0 Å². The van der Waals surface area contributed by atoms with Crippen molar-refractivity contribution in [2.24, 2.45) is 0 Å². The molecule has 6 heteroatoms. The van der Waals surface area contributed by atoms with Gasteiger partial charge in [0.2, 0.25) is 6.04 Å². The van der Waals surface area contributed by atoms with Gasteiger partial charge in [-0.05, 0) is 6.42 Å². The van der Waals surface area contributed by atoms with E-state index in [0.717, 1.165) is 0 Å². The first kappa shape index (κ1) is 11.7. The third kappa shape index (κ3) is 2.34. The fourth-order valence-corrected chi connectivity index (χ4v) is 2.17. The molecule has 4 unspecified atom stereocenters. The Morgan fingerprint density at radius 2 is 1.86 bits per heavy atom. The molecule has 1 aliphatic rings. The number of ether oxygens (including phenoxy) is 2. The number of methoxy groups -OCH3 is 2. The topological polar surface area (TPSA) is 61.6 Å². The maximum atomic E-state index is 10.7. The number of nitrogens with zero attached hydrogens (tertiary/aromatic N) is 1. The number of hydrogen-bond acceptors (Lipinski definition) is 4. The van der Waals surface area contributed by atoms with Gasteiger partial charge in [0.25, 0.3) is 0 Å². The lowest BCUT2D eigenvalue weighted by Crippen LogP contribution is -2.47. The third-order valence-corrected chi connectivity index (χ3v) is 3.10. The fraction of sp³-hybridized carbons (Fsp3) is 1.00. The summed E-state index contributed by atoms with van der Waals surface area (Å²) < 4.78 is 10.1. The molecule has 0 heterocycles. The molecule has 82 valence electrons. The predicted octanol–water partition coefficient (Wildman–Crippen LogP) is 1.06. The van der Waals surface area contributed by atoms with Gasteiger partial charge in [0.15, 0.2) is 0 Å². The summed E-state index contributed by atoms with van der Waals surface area (Å²) in [4.78, 5) is 10.4. The minimum Gasteiger partial charge on any atom is -0.380 e. The molecular weight excluding hydrogens is 210 g/mol. The van der Waals surface area contributed by atoms with E-state index in [1.54, 1.807) is 0 Å². The molecule has 0 aromatic heterocycles. The van der Waals surface area contributed by atoms with Crippen LogP contribution in [0.4, 0.5) is 0 Å². The van der Waals surface area contributed by atoms with E-state index in [1.165, 1.54) is 14.2 Å². The highest BCUT2D eigenvalue weighted by Gasteiger charge is 2.43. The van der Waals surface area contributed by atoms with Gasteiger partial charge in [0.05, 0.1) is 11.5 Å². The van der Waals surface area contributed by atoms with Gasteiger partial charge in [-0.15, -0.1) is 11.6 Å². The quantitative estimate of drug-likeness (QED) is 0.408. The lowest BCUT2D eigenvalue weighted by Gasteiger charge is -2.32. The second-order valence-corrected chi connectivity index (χ2v) is 3.95. The SMILES string of the molecule is COC1CC([N+](=O)[O-])C(OC)CC1Cl. The second kappa shape index (κ2) is 4.91. The molecule has 4 atom stereocenters. The zero-order valence-corrected chi connectivity index (χ0v) is 8.94. The summed E-state index contributed by atoms with van der Waals surface area (Å²) in [5, 5.41) is 10.5. The lowest BCUT2D eigenvalue weighted by molar-refractivity contribution is -0.540. The second-order valence-electron chi connectivity index (χ2n) is 3.39. The molecule has 0 N–H and O–H groups in total. The smallest absolute Gasteiger partial charge is 0.241 e. The van der Waals surface area contributed by atoms with Gasteiger partial charge in [-0.3, -0.25) is 10.1 Å². The third-order valence-electron chi connectivity index (χ3n) is 2.64. The van der Waals surface area contributed by atoms with E-state index in [0.29, 0.717) is 12.8 Å². The van der Waals surface area contributed by atoms with Crippen molar-refractivity contribution in [1.29, 1.82) is 0 Å². The summed E-state index contributed by atoms with van der Waals surface area (Å²) in [5.74, 6) is 0. The number of alkyl halides is 1. The monoisotopic (exact) mass is 223 g/mol. The van der Waals surface area contributed by atoms with E-state index in [4.69, 9.17) is 21.1 Å². The molecule has 1 aliphatic carbocycles. The van der Waals surface area contributed by atoms with Crippen LogP contribution >= 0.6 is 11.6 Å². The minimum absolute atomic E-state index is 0.207. The highest BCUT2D eigenvalue weighted by atomic mass is 35.5. The summed E-state index contributed by atoms with van der Waals surface area (Å²) >= 11 is 6.00. The van der Waals surface area contributed by atoms with Crippen LogP contribution in [-0.4, -0.2) is 42.8 Å². The molecule has 0 bridgehead atoms. The first-order valence-electron chi connectivity index (χ1n) is 4.43. The standard InChI is InChI=1S/C8H14ClNO4/c1-13-7-4-6(10(11)12)8(14-2)3-5(7)9/h5-8H,3-4H2,1-2H3. The molecular formula is C8H14ClNO4. The van der Waals surface area contributed by atoms with E-state index >= 15 is 0 Å². The molecule has 1 fully saturated rings. The first-order valence-corrected chi connectivity index (χ1v) is 4.87. The van der Waals surface area contributed by atoms with Crippen molar-refractivity contribution in [2.75, 3.05) is 14.2 Å². The highest BCUT2D eigenvalue weighted by molar-refractivity contribution is 6.21. The Balaban J connectivity index is 2.68. The van der Waals surface area contributed by atoms with Gasteiger partial charge in [0, 0.05) is 25.6 Å². The maximum absolute atomic E-state index is 10.7. The Bertz CT molecular complexity index is 214. The molecule has 1 saturated carbocycles. The Morgan fingerprint density at radius 1 is 1.29 bits per heavy atom. The van der Waals surface area contributed by atoms with Crippen molar-refractivity contribution in [3.8, 4) is 0 Å². The zero-order valence-electron chi connectivity index (χ0n) is 8.18. The van der Waals surface area contributed by atoms with Crippen LogP contribution in [0, 0.1) is 10.1 Å². The molecule has 0 aliphatic heterocycles. The summed E-state index contributed by atoms with van der Waals surface area (Å²) in [7, 11) is 2.99. The molecule has 0 aromatic rings. The Labute approximate surface area is 87.5 Å². The molecule has 0 amide bonds. The van der Waals surface area contributed by atoms with E-state index < -0.39 is 12.1 Å². The Morgan fingerprint density at radius 3 is 2.29 bits per heavy atom. The van der Waals surface area contributed by atoms with Gasteiger partial charge in [0.1, 0.15) is 6.10 Å². The van der Waals surface area contributed by atoms with E-state index in [2.05, 4.69) is 0 Å². The fourth-order valence-electron chi connectivity index (χ4n) is 1.79. The van der Waals surface area contributed by atoms with Crippen LogP contribution in [0.1, 0.15) is 12.8 Å². The maximum Gasteiger partial charge on any atom is 0.241 e. The lowest BCUT2D eigenvalue weighted by atomic mass is 9.90. The summed E-state index contributed by atoms with van der Waals surface area (Å²) in [6, 6.07) is -0.708. The summed E-state index contributed by atoms with van der Waals surface area (Å²) in [6.45, 7) is 0. The van der Waals surface area contributed by atoms with Crippen molar-refractivity contribution in [3.05, 3.63) is 10.1 Å². The molecule has 0 radical (unpaired) electrons. The molecule has 0 aromatic carbocycles. The van der Waals surface area contributed by atoms with Crippen molar-refractivity contribution >= 4 is 11.6 Å². The van der Waals surface area contributed by atoms with Gasteiger partial charge >= 0.3 is 0 Å². The van der Waals surface area contributed by atoms with Gasteiger partial charge in [-0.25, -0.2) is 0 Å². The van der Waals surface area contributed by atoms with E-state index in [9.17, 15) is 10.1 Å². The first-order chi connectivity index (χ1) is 6.60. The molecule has 5 nitrogen and oxygen atoms in total. The van der Waals surface area contributed by atoms with E-state index in [1.807, 2.05) is 0 Å². The molecule has 0 saturated heterocycles. The van der Waals surface area contributed by atoms with Crippen LogP contribution in [0.3, 0.4) is 0 Å². The zero-order chi connectivity index (χ0) is 10.7. The van der Waals surface area contributed by atoms with Crippen LogP contribution in [-0.2, 0) is 9.47 Å². The van der Waals surface area contributed by atoms with Crippen LogP contribution in [0.25, 0.3) is 0 Å². The summed E-state index contributed by atoms with van der Waals surface area (Å²) in [6.07, 6.45) is 0.121. The number of rotatable bonds is 3. The predicted molar refractivity (Wildman–Crippen MR) is 51.3 cm³/mol. The molecule has 14 heavy (non-hydrogen) atoms. The normalized spacial score (nSPS) is 38.2. The largest absolute Gasteiger partial charge is 0.380 e. The van der Waals surface area contributed by atoms with Crippen molar-refractivity contribution in [1.82, 2.24) is 0 Å². The average molecular weight is 224 g/mol. The van der Waals surface area contributed by atoms with Gasteiger partial charge in [-0.2, -0.15) is 0 Å². The number of nitro groups is 1. The van der Waals surface area contributed by atoms with Crippen molar-refractivity contribution in [2.45, 2.75) is 36.5 Å². The van der Waals surface area contributed by atoms with Crippen LogP contribution < -0.4 is 0 Å². The summed E-state index contributed by atoms with van der Waals surface area (Å²) in [5.41, 5.74) is 0. The van der Waals surface area contributed by atoms with Gasteiger partial charge < -0.3 is 9.47 Å². The molecule has 1 rings (SSSR count). The van der Waals surface area contributed by atoms with Gasteiger partial charge in [-0.1, -0.05) is 0 Å². The van der Waals surface area contributed by atoms with Crippen molar-refractivity contribution in [3.63, 3.8) is 0 Å². The number of halogens is 1.